The highest BCUT2D eigenvalue weighted by molar-refractivity contribution is 5.34. The van der Waals surface area contributed by atoms with Gasteiger partial charge in [0, 0.05) is 5.56 Å². The van der Waals surface area contributed by atoms with Gasteiger partial charge in [-0.2, -0.15) is 0 Å². The van der Waals surface area contributed by atoms with Gasteiger partial charge >= 0.3 is 0 Å². The lowest BCUT2D eigenvalue weighted by Gasteiger charge is -2.12. The minimum Gasteiger partial charge on any atom is -0.385 e. The minimum atomic E-state index is -0.883. The molecule has 2 atom stereocenters. The van der Waals surface area contributed by atoms with E-state index in [1.165, 1.54) is 6.07 Å². The van der Waals surface area contributed by atoms with Crippen molar-refractivity contribution in [2.45, 2.75) is 38.7 Å². The van der Waals surface area contributed by atoms with Crippen LogP contribution in [-0.4, -0.2) is 5.11 Å². The Bertz CT molecular complexity index is 375. The number of halogens is 1. The molecule has 1 aliphatic carbocycles. The molecule has 15 heavy (non-hydrogen) atoms. The van der Waals surface area contributed by atoms with E-state index in [9.17, 15) is 9.50 Å². The van der Waals surface area contributed by atoms with Crippen molar-refractivity contribution in [1.82, 2.24) is 0 Å². The van der Waals surface area contributed by atoms with Crippen LogP contribution in [-0.2, 0) is 5.60 Å². The van der Waals surface area contributed by atoms with E-state index in [0.29, 0.717) is 12.0 Å². The summed E-state index contributed by atoms with van der Waals surface area (Å²) in [6.45, 7) is 4.01. The molecule has 82 valence electrons. The van der Waals surface area contributed by atoms with Gasteiger partial charge < -0.3 is 5.11 Å². The minimum absolute atomic E-state index is 0.249. The van der Waals surface area contributed by atoms with Gasteiger partial charge in [-0.1, -0.05) is 31.0 Å². The van der Waals surface area contributed by atoms with Crippen molar-refractivity contribution < 1.29 is 9.50 Å². The maximum atomic E-state index is 13.6. The highest BCUT2D eigenvalue weighted by Crippen LogP contribution is 2.54. The van der Waals surface area contributed by atoms with Crippen LogP contribution in [0.5, 0.6) is 0 Å². The lowest BCUT2D eigenvalue weighted by Crippen LogP contribution is -2.11. The van der Waals surface area contributed by atoms with Gasteiger partial charge in [0.05, 0.1) is 5.60 Å². The fraction of sp³-hybridized carbons (Fsp3) is 0.538. The predicted octanol–water partition coefficient (Wildman–Crippen LogP) is 3.14. The molecule has 1 fully saturated rings. The van der Waals surface area contributed by atoms with Crippen molar-refractivity contribution in [3.63, 3.8) is 0 Å². The molecule has 2 rings (SSSR count). The van der Waals surface area contributed by atoms with Crippen LogP contribution < -0.4 is 0 Å². The Kier molecular flexibility index (Phi) is 2.55. The van der Waals surface area contributed by atoms with Crippen LogP contribution in [0.25, 0.3) is 0 Å². The fourth-order valence-electron chi connectivity index (χ4n) is 2.31. The molecule has 0 saturated heterocycles. The third kappa shape index (κ3) is 1.78. The summed E-state index contributed by atoms with van der Waals surface area (Å²) >= 11 is 0. The van der Waals surface area contributed by atoms with Crippen molar-refractivity contribution in [3.8, 4) is 0 Å². The van der Waals surface area contributed by atoms with E-state index in [1.807, 2.05) is 6.92 Å². The van der Waals surface area contributed by atoms with Gasteiger partial charge in [-0.15, -0.1) is 0 Å². The van der Waals surface area contributed by atoms with Gasteiger partial charge in [-0.05, 0) is 31.7 Å². The zero-order valence-electron chi connectivity index (χ0n) is 9.26. The molecule has 2 unspecified atom stereocenters. The topological polar surface area (TPSA) is 20.2 Å². The normalized spacial score (nSPS) is 29.2. The first-order chi connectivity index (χ1) is 7.08. The summed E-state index contributed by atoms with van der Waals surface area (Å²) < 4.78 is 13.6. The zero-order valence-corrected chi connectivity index (χ0v) is 9.26. The highest BCUT2D eigenvalue weighted by Gasteiger charge is 2.54. The largest absolute Gasteiger partial charge is 0.385 e. The average Bonchev–Trinajstić information content (AvgIpc) is 2.83. The quantitative estimate of drug-likeness (QED) is 0.809. The zero-order chi connectivity index (χ0) is 11.1. The second-order valence-electron chi connectivity index (χ2n) is 4.60. The number of aryl methyl sites for hydroxylation is 1. The number of aliphatic hydroxyl groups is 1. The first-order valence-corrected chi connectivity index (χ1v) is 5.57. The van der Waals surface area contributed by atoms with Gasteiger partial charge in [-0.25, -0.2) is 4.39 Å². The molecule has 1 aromatic rings. The van der Waals surface area contributed by atoms with Crippen LogP contribution in [0.3, 0.4) is 0 Å². The molecule has 0 aromatic heterocycles. The van der Waals surface area contributed by atoms with Crippen LogP contribution in [0.4, 0.5) is 4.39 Å². The van der Waals surface area contributed by atoms with E-state index in [1.54, 1.807) is 12.1 Å². The van der Waals surface area contributed by atoms with Crippen LogP contribution in [0.2, 0.25) is 0 Å². The van der Waals surface area contributed by atoms with Gasteiger partial charge in [-0.3, -0.25) is 0 Å². The number of rotatable bonds is 3. The van der Waals surface area contributed by atoms with Crippen molar-refractivity contribution >= 4 is 0 Å². The summed E-state index contributed by atoms with van der Waals surface area (Å²) in [5.41, 5.74) is 0.606. The molecular weight excluding hydrogens is 191 g/mol. The monoisotopic (exact) mass is 208 g/mol. The van der Waals surface area contributed by atoms with Crippen molar-refractivity contribution in [1.29, 1.82) is 0 Å². The Morgan fingerprint density at radius 3 is 2.93 bits per heavy atom. The highest BCUT2D eigenvalue weighted by atomic mass is 19.1. The lowest BCUT2D eigenvalue weighted by molar-refractivity contribution is 0.124. The van der Waals surface area contributed by atoms with Crippen LogP contribution in [0, 0.1) is 18.7 Å². The fourth-order valence-corrected chi connectivity index (χ4v) is 2.31. The molecule has 1 aromatic carbocycles. The summed E-state index contributed by atoms with van der Waals surface area (Å²) in [4.78, 5) is 0. The van der Waals surface area contributed by atoms with Gasteiger partial charge in [0.2, 0.25) is 0 Å². The maximum Gasteiger partial charge on any atom is 0.129 e. The van der Waals surface area contributed by atoms with E-state index in [2.05, 4.69) is 6.92 Å². The summed E-state index contributed by atoms with van der Waals surface area (Å²) in [5, 5.41) is 10.3. The standard InChI is InChI=1S/C13H17FO/c1-3-4-10-8-13(10,15)11-7-9(2)5-6-12(11)14/h5-7,10,15H,3-4,8H2,1-2H3. The summed E-state index contributed by atoms with van der Waals surface area (Å²) in [6, 6.07) is 4.95. The molecule has 1 nitrogen and oxygen atoms in total. The summed E-state index contributed by atoms with van der Waals surface area (Å²) in [7, 11) is 0. The summed E-state index contributed by atoms with van der Waals surface area (Å²) in [6.07, 6.45) is 2.73. The lowest BCUT2D eigenvalue weighted by atomic mass is 10.0. The van der Waals surface area contributed by atoms with E-state index < -0.39 is 5.60 Å². The molecule has 0 heterocycles. The van der Waals surface area contributed by atoms with E-state index in [0.717, 1.165) is 18.4 Å². The average molecular weight is 208 g/mol. The first kappa shape index (κ1) is 10.6. The number of hydrogen-bond donors (Lipinski definition) is 1. The third-order valence-corrected chi connectivity index (χ3v) is 3.30. The Morgan fingerprint density at radius 1 is 1.53 bits per heavy atom. The Morgan fingerprint density at radius 2 is 2.27 bits per heavy atom. The van der Waals surface area contributed by atoms with Crippen molar-refractivity contribution in [2.75, 3.05) is 0 Å². The van der Waals surface area contributed by atoms with Crippen molar-refractivity contribution in [3.05, 3.63) is 35.1 Å². The Hall–Kier alpha value is -0.890. The van der Waals surface area contributed by atoms with E-state index >= 15 is 0 Å². The molecule has 1 N–H and O–H groups in total. The Labute approximate surface area is 89.9 Å². The summed E-state index contributed by atoms with van der Waals surface area (Å²) in [5.74, 6) is -0.0273. The number of benzene rings is 1. The smallest absolute Gasteiger partial charge is 0.129 e. The maximum absolute atomic E-state index is 13.6. The van der Waals surface area contributed by atoms with E-state index in [4.69, 9.17) is 0 Å². The van der Waals surface area contributed by atoms with Gasteiger partial charge in [0.15, 0.2) is 0 Å². The number of hydrogen-bond acceptors (Lipinski definition) is 1. The Balaban J connectivity index is 2.27. The van der Waals surface area contributed by atoms with Gasteiger partial charge in [0.1, 0.15) is 5.82 Å². The molecule has 0 amide bonds. The second kappa shape index (κ2) is 3.60. The third-order valence-electron chi connectivity index (χ3n) is 3.30. The molecule has 0 radical (unpaired) electrons. The van der Waals surface area contributed by atoms with Crippen LogP contribution in [0.15, 0.2) is 18.2 Å². The van der Waals surface area contributed by atoms with E-state index in [-0.39, 0.29) is 11.7 Å². The predicted molar refractivity (Wildman–Crippen MR) is 58.0 cm³/mol. The second-order valence-corrected chi connectivity index (χ2v) is 4.60. The molecular formula is C13H17FO. The molecule has 1 aliphatic rings. The molecule has 2 heteroatoms. The van der Waals surface area contributed by atoms with Gasteiger partial charge in [0.25, 0.3) is 0 Å². The molecule has 0 spiro atoms. The van der Waals surface area contributed by atoms with Crippen LogP contribution in [0.1, 0.15) is 37.3 Å². The first-order valence-electron chi connectivity index (χ1n) is 5.57. The van der Waals surface area contributed by atoms with Crippen LogP contribution >= 0.6 is 0 Å². The molecule has 1 saturated carbocycles. The molecule has 0 bridgehead atoms. The molecule has 0 aliphatic heterocycles. The van der Waals surface area contributed by atoms with Crippen molar-refractivity contribution in [2.24, 2.45) is 5.92 Å². The SMILES string of the molecule is CCCC1CC1(O)c1cc(C)ccc1F.